The second-order valence-electron chi connectivity index (χ2n) is 4.98. The molecule has 2 rings (SSSR count). The molecule has 2 atom stereocenters. The van der Waals surface area contributed by atoms with Crippen LogP contribution in [0.25, 0.3) is 0 Å². The first-order valence-corrected chi connectivity index (χ1v) is 6.34. The van der Waals surface area contributed by atoms with Gasteiger partial charge in [0.2, 0.25) is 0 Å². The van der Waals surface area contributed by atoms with Gasteiger partial charge in [0.15, 0.2) is 0 Å². The van der Waals surface area contributed by atoms with Gasteiger partial charge in [0.1, 0.15) is 11.6 Å². The first kappa shape index (κ1) is 12.5. The molecule has 17 heavy (non-hydrogen) atoms. The minimum atomic E-state index is -0.375. The lowest BCUT2D eigenvalue weighted by Crippen LogP contribution is -2.36. The highest BCUT2D eigenvalue weighted by Crippen LogP contribution is 2.24. The fourth-order valence-corrected chi connectivity index (χ4v) is 2.54. The Bertz CT molecular complexity index is 378. The molecule has 0 heterocycles. The van der Waals surface area contributed by atoms with Crippen molar-refractivity contribution >= 4 is 0 Å². The number of rotatable bonds is 3. The molecule has 1 aliphatic rings. The van der Waals surface area contributed by atoms with Crippen LogP contribution >= 0.6 is 0 Å². The van der Waals surface area contributed by atoms with Crippen LogP contribution in [0.3, 0.4) is 0 Å². The Balaban J connectivity index is 1.94. The van der Waals surface area contributed by atoms with Crippen molar-refractivity contribution < 1.29 is 8.78 Å². The largest absolute Gasteiger partial charge is 0.310 e. The summed E-state index contributed by atoms with van der Waals surface area (Å²) in [6.07, 6.45) is 4.88. The van der Waals surface area contributed by atoms with Gasteiger partial charge in [-0.1, -0.05) is 19.8 Å². The lowest BCUT2D eigenvalue weighted by molar-refractivity contribution is 0.278. The van der Waals surface area contributed by atoms with E-state index in [1.807, 2.05) is 0 Å². The average Bonchev–Trinajstić information content (AvgIpc) is 2.32. The molecule has 1 fully saturated rings. The van der Waals surface area contributed by atoms with Crippen molar-refractivity contribution in [1.29, 1.82) is 0 Å². The van der Waals surface area contributed by atoms with E-state index >= 15 is 0 Å². The fraction of sp³-hybridized carbons (Fsp3) is 0.571. The second kappa shape index (κ2) is 5.58. The van der Waals surface area contributed by atoms with Crippen molar-refractivity contribution in [3.63, 3.8) is 0 Å². The van der Waals surface area contributed by atoms with Gasteiger partial charge in [0, 0.05) is 18.2 Å². The summed E-state index contributed by atoms with van der Waals surface area (Å²) in [4.78, 5) is 0. The van der Waals surface area contributed by atoms with Crippen LogP contribution in [0.5, 0.6) is 0 Å². The summed E-state index contributed by atoms with van der Waals surface area (Å²) >= 11 is 0. The smallest absolute Gasteiger partial charge is 0.127 e. The Labute approximate surface area is 101 Å². The summed E-state index contributed by atoms with van der Waals surface area (Å²) in [7, 11) is 0. The number of hydrogen-bond acceptors (Lipinski definition) is 1. The zero-order valence-electron chi connectivity index (χ0n) is 10.2. The summed E-state index contributed by atoms with van der Waals surface area (Å²) in [5.41, 5.74) is 0.419. The number of hydrogen-bond donors (Lipinski definition) is 1. The SMILES string of the molecule is CC1CCCCC1NCc1cc(F)ccc1F. The van der Waals surface area contributed by atoms with Crippen LogP contribution in [0, 0.1) is 17.6 Å². The Hall–Kier alpha value is -0.960. The molecule has 0 amide bonds. The van der Waals surface area contributed by atoms with Crippen molar-refractivity contribution in [3.8, 4) is 0 Å². The number of benzene rings is 1. The Kier molecular flexibility index (Phi) is 4.11. The van der Waals surface area contributed by atoms with Crippen LogP contribution in [0.4, 0.5) is 8.78 Å². The maximum atomic E-state index is 13.4. The van der Waals surface area contributed by atoms with Crippen LogP contribution < -0.4 is 5.32 Å². The molecule has 1 aromatic rings. The predicted molar refractivity (Wildman–Crippen MR) is 64.6 cm³/mol. The average molecular weight is 239 g/mol. The van der Waals surface area contributed by atoms with E-state index < -0.39 is 0 Å². The van der Waals surface area contributed by atoms with Crippen molar-refractivity contribution in [2.45, 2.75) is 45.2 Å². The third-order valence-electron chi connectivity index (χ3n) is 3.67. The first-order chi connectivity index (χ1) is 8.16. The maximum absolute atomic E-state index is 13.4. The van der Waals surface area contributed by atoms with Gasteiger partial charge in [-0.15, -0.1) is 0 Å². The molecule has 0 bridgehead atoms. The standard InChI is InChI=1S/C14H19F2N/c1-10-4-2-3-5-14(10)17-9-11-8-12(15)6-7-13(11)16/h6-8,10,14,17H,2-5,9H2,1H3. The molecule has 1 saturated carbocycles. The lowest BCUT2D eigenvalue weighted by atomic mass is 9.86. The molecule has 0 radical (unpaired) electrons. The van der Waals surface area contributed by atoms with E-state index in [2.05, 4.69) is 12.2 Å². The highest BCUT2D eigenvalue weighted by molar-refractivity contribution is 5.18. The van der Waals surface area contributed by atoms with Crippen molar-refractivity contribution in [2.24, 2.45) is 5.92 Å². The van der Waals surface area contributed by atoms with E-state index in [1.54, 1.807) is 0 Å². The zero-order valence-corrected chi connectivity index (χ0v) is 10.2. The van der Waals surface area contributed by atoms with Gasteiger partial charge in [-0.25, -0.2) is 8.78 Å². The number of halogens is 2. The van der Waals surface area contributed by atoms with Crippen LogP contribution in [0.2, 0.25) is 0 Å². The van der Waals surface area contributed by atoms with Gasteiger partial charge in [-0.2, -0.15) is 0 Å². The third kappa shape index (κ3) is 3.25. The summed E-state index contributed by atoms with van der Waals surface area (Å²) < 4.78 is 26.4. The Morgan fingerprint density at radius 3 is 2.76 bits per heavy atom. The van der Waals surface area contributed by atoms with E-state index in [0.29, 0.717) is 24.1 Å². The van der Waals surface area contributed by atoms with E-state index in [4.69, 9.17) is 0 Å². The fourth-order valence-electron chi connectivity index (χ4n) is 2.54. The molecule has 94 valence electrons. The molecule has 2 unspecified atom stereocenters. The van der Waals surface area contributed by atoms with Gasteiger partial charge in [0.05, 0.1) is 0 Å². The van der Waals surface area contributed by atoms with Crippen LogP contribution in [-0.4, -0.2) is 6.04 Å². The first-order valence-electron chi connectivity index (χ1n) is 6.34. The molecular weight excluding hydrogens is 220 g/mol. The molecule has 3 heteroatoms. The van der Waals surface area contributed by atoms with Crippen molar-refractivity contribution in [3.05, 3.63) is 35.4 Å². The molecule has 1 N–H and O–H groups in total. The molecule has 1 aliphatic carbocycles. The van der Waals surface area contributed by atoms with E-state index in [-0.39, 0.29) is 11.6 Å². The molecule has 0 spiro atoms. The van der Waals surface area contributed by atoms with E-state index in [1.165, 1.54) is 31.4 Å². The summed E-state index contributed by atoms with van der Waals surface area (Å²) in [5.74, 6) is -0.0809. The third-order valence-corrected chi connectivity index (χ3v) is 3.67. The minimum Gasteiger partial charge on any atom is -0.310 e. The quantitative estimate of drug-likeness (QED) is 0.849. The summed E-state index contributed by atoms with van der Waals surface area (Å²) in [5, 5.41) is 3.35. The highest BCUT2D eigenvalue weighted by Gasteiger charge is 2.20. The predicted octanol–water partition coefficient (Wildman–Crippen LogP) is 3.63. The second-order valence-corrected chi connectivity index (χ2v) is 4.98. The normalized spacial score (nSPS) is 24.9. The lowest BCUT2D eigenvalue weighted by Gasteiger charge is -2.29. The van der Waals surface area contributed by atoms with Crippen LogP contribution in [0.15, 0.2) is 18.2 Å². The van der Waals surface area contributed by atoms with E-state index in [9.17, 15) is 8.78 Å². The number of nitrogens with one attached hydrogen (secondary N) is 1. The van der Waals surface area contributed by atoms with Crippen molar-refractivity contribution in [1.82, 2.24) is 5.32 Å². The molecule has 0 aromatic heterocycles. The monoisotopic (exact) mass is 239 g/mol. The molecular formula is C14H19F2N. The van der Waals surface area contributed by atoms with Gasteiger partial charge in [0.25, 0.3) is 0 Å². The molecule has 1 aromatic carbocycles. The van der Waals surface area contributed by atoms with Gasteiger partial charge in [-0.05, 0) is 37.0 Å². The minimum absolute atomic E-state index is 0.331. The van der Waals surface area contributed by atoms with Crippen LogP contribution in [-0.2, 0) is 6.54 Å². The van der Waals surface area contributed by atoms with Crippen molar-refractivity contribution in [2.75, 3.05) is 0 Å². The molecule has 1 nitrogen and oxygen atoms in total. The topological polar surface area (TPSA) is 12.0 Å². The van der Waals surface area contributed by atoms with E-state index in [0.717, 1.165) is 12.5 Å². The zero-order chi connectivity index (χ0) is 12.3. The molecule has 0 saturated heterocycles. The molecule has 0 aliphatic heterocycles. The maximum Gasteiger partial charge on any atom is 0.127 e. The highest BCUT2D eigenvalue weighted by atomic mass is 19.1. The Morgan fingerprint density at radius 1 is 1.24 bits per heavy atom. The van der Waals surface area contributed by atoms with Gasteiger partial charge < -0.3 is 5.32 Å². The Morgan fingerprint density at radius 2 is 2.00 bits per heavy atom. The van der Waals surface area contributed by atoms with Crippen LogP contribution in [0.1, 0.15) is 38.2 Å². The summed E-state index contributed by atoms with van der Waals surface area (Å²) in [6, 6.07) is 4.06. The summed E-state index contributed by atoms with van der Waals surface area (Å²) in [6.45, 7) is 2.64. The van der Waals surface area contributed by atoms with Gasteiger partial charge >= 0.3 is 0 Å². The van der Waals surface area contributed by atoms with Gasteiger partial charge in [-0.3, -0.25) is 0 Å².